The first-order valence-electron chi connectivity index (χ1n) is 10.3. The molecule has 3 aliphatic rings. The number of thioether (sulfide) groups is 2. The SMILES string of the molecule is Cn1nnnc1SCC1=C(C(=O)O)N2C(=O)C(NC(=O)CC3=C(CN)CCCC3)[C@H]2SC1. The highest BCUT2D eigenvalue weighted by molar-refractivity contribution is 8.01. The standard InChI is InChI=1S/C19H25N7O4S2/c1-25-19(22-23-24-25)32-9-12-8-31-17-14(16(28)26(17)15(12)18(29)30)21-13(27)6-10-4-2-3-5-11(10)7-20/h14,17H,2-9,20H2,1H3,(H,21,27)(H,29,30)/t14?,17-/m1/s1. The number of carbonyl (C=O) groups excluding carboxylic acids is 2. The van der Waals surface area contributed by atoms with E-state index in [9.17, 15) is 19.5 Å². The molecule has 0 spiro atoms. The summed E-state index contributed by atoms with van der Waals surface area (Å²) in [7, 11) is 1.70. The molecule has 1 unspecified atom stereocenters. The first kappa shape index (κ1) is 22.8. The van der Waals surface area contributed by atoms with Crippen LogP contribution < -0.4 is 11.1 Å². The Morgan fingerprint density at radius 1 is 1.28 bits per heavy atom. The van der Waals surface area contributed by atoms with Crippen LogP contribution in [0.4, 0.5) is 0 Å². The highest BCUT2D eigenvalue weighted by Gasteiger charge is 2.54. The molecule has 4 rings (SSSR count). The molecule has 1 saturated heterocycles. The van der Waals surface area contributed by atoms with Gasteiger partial charge >= 0.3 is 5.97 Å². The van der Waals surface area contributed by atoms with E-state index in [1.165, 1.54) is 33.1 Å². The van der Waals surface area contributed by atoms with Gasteiger partial charge in [-0.1, -0.05) is 22.9 Å². The van der Waals surface area contributed by atoms with E-state index in [1.54, 1.807) is 7.05 Å². The van der Waals surface area contributed by atoms with Crippen molar-refractivity contribution in [1.29, 1.82) is 0 Å². The minimum Gasteiger partial charge on any atom is -0.477 e. The summed E-state index contributed by atoms with van der Waals surface area (Å²) in [5.41, 5.74) is 8.64. The van der Waals surface area contributed by atoms with Gasteiger partial charge in [0.1, 0.15) is 17.1 Å². The zero-order chi connectivity index (χ0) is 22.8. The summed E-state index contributed by atoms with van der Waals surface area (Å²) in [5, 5.41) is 23.9. The number of aliphatic carboxylic acids is 1. The zero-order valence-electron chi connectivity index (χ0n) is 17.6. The van der Waals surface area contributed by atoms with E-state index in [2.05, 4.69) is 20.8 Å². The maximum Gasteiger partial charge on any atom is 0.352 e. The van der Waals surface area contributed by atoms with E-state index in [1.807, 2.05) is 0 Å². The molecule has 32 heavy (non-hydrogen) atoms. The number of aromatic nitrogens is 4. The monoisotopic (exact) mass is 479 g/mol. The first-order chi connectivity index (χ1) is 15.4. The number of nitrogens with zero attached hydrogens (tertiary/aromatic N) is 5. The Balaban J connectivity index is 1.42. The minimum atomic E-state index is -1.15. The lowest BCUT2D eigenvalue weighted by molar-refractivity contribution is -0.150. The van der Waals surface area contributed by atoms with Gasteiger partial charge in [-0.25, -0.2) is 9.48 Å². The van der Waals surface area contributed by atoms with E-state index in [0.717, 1.165) is 36.8 Å². The predicted molar refractivity (Wildman–Crippen MR) is 118 cm³/mol. The smallest absolute Gasteiger partial charge is 0.352 e. The lowest BCUT2D eigenvalue weighted by Crippen LogP contribution is -2.70. The van der Waals surface area contributed by atoms with E-state index in [-0.39, 0.29) is 18.0 Å². The van der Waals surface area contributed by atoms with Gasteiger partial charge in [-0.2, -0.15) is 0 Å². The second-order valence-corrected chi connectivity index (χ2v) is 9.93. The Morgan fingerprint density at radius 2 is 2.03 bits per heavy atom. The molecule has 0 bridgehead atoms. The number of nitrogens with one attached hydrogen (secondary N) is 1. The van der Waals surface area contributed by atoms with Crippen molar-refractivity contribution in [2.45, 2.75) is 48.7 Å². The molecule has 0 radical (unpaired) electrons. The average Bonchev–Trinajstić information content (AvgIpc) is 3.20. The molecule has 3 heterocycles. The Kier molecular flexibility index (Phi) is 6.86. The molecular weight excluding hydrogens is 454 g/mol. The average molecular weight is 480 g/mol. The van der Waals surface area contributed by atoms with Crippen LogP contribution in [0.1, 0.15) is 32.1 Å². The van der Waals surface area contributed by atoms with Crippen molar-refractivity contribution in [2.75, 3.05) is 18.1 Å². The summed E-state index contributed by atoms with van der Waals surface area (Å²) in [5.74, 6) is -0.966. The van der Waals surface area contributed by atoms with Crippen molar-refractivity contribution in [3.8, 4) is 0 Å². The molecule has 4 N–H and O–H groups in total. The van der Waals surface area contributed by atoms with Crippen molar-refractivity contribution >= 4 is 41.3 Å². The molecule has 0 saturated carbocycles. The van der Waals surface area contributed by atoms with E-state index in [4.69, 9.17) is 5.73 Å². The highest BCUT2D eigenvalue weighted by atomic mass is 32.2. The largest absolute Gasteiger partial charge is 0.477 e. The van der Waals surface area contributed by atoms with Gasteiger partial charge in [0.15, 0.2) is 0 Å². The van der Waals surface area contributed by atoms with Crippen LogP contribution in [0.15, 0.2) is 27.6 Å². The van der Waals surface area contributed by atoms with Gasteiger partial charge in [-0.05, 0) is 41.7 Å². The Morgan fingerprint density at radius 3 is 2.69 bits per heavy atom. The summed E-state index contributed by atoms with van der Waals surface area (Å²) < 4.78 is 1.50. The molecule has 172 valence electrons. The predicted octanol–water partition coefficient (Wildman–Crippen LogP) is 0.260. The zero-order valence-corrected chi connectivity index (χ0v) is 19.2. The van der Waals surface area contributed by atoms with Crippen LogP contribution in [0.2, 0.25) is 0 Å². The number of nitrogens with two attached hydrogens (primary N) is 1. The minimum absolute atomic E-state index is 0.00715. The molecule has 1 aromatic rings. The molecule has 0 aromatic carbocycles. The van der Waals surface area contributed by atoms with Gasteiger partial charge in [-0.3, -0.25) is 14.5 Å². The van der Waals surface area contributed by atoms with Gasteiger partial charge in [-0.15, -0.1) is 16.9 Å². The first-order valence-corrected chi connectivity index (χ1v) is 12.4. The third-order valence-corrected chi connectivity index (χ3v) is 8.29. The maximum absolute atomic E-state index is 12.8. The maximum atomic E-state index is 12.8. The summed E-state index contributed by atoms with van der Waals surface area (Å²) in [6.45, 7) is 0.454. The Labute approximate surface area is 193 Å². The van der Waals surface area contributed by atoms with E-state index in [0.29, 0.717) is 28.8 Å². The summed E-state index contributed by atoms with van der Waals surface area (Å²) in [4.78, 5) is 38.7. The number of β-lactam (4-membered cyclic amide) rings is 1. The quantitative estimate of drug-likeness (QED) is 0.268. The van der Waals surface area contributed by atoms with Crippen LogP contribution in [0.25, 0.3) is 0 Å². The van der Waals surface area contributed by atoms with Crippen molar-refractivity contribution in [3.05, 3.63) is 22.4 Å². The fraction of sp³-hybridized carbons (Fsp3) is 0.579. The van der Waals surface area contributed by atoms with Crippen LogP contribution in [0.3, 0.4) is 0 Å². The van der Waals surface area contributed by atoms with Gasteiger partial charge < -0.3 is 16.2 Å². The van der Waals surface area contributed by atoms with Gasteiger partial charge in [0.2, 0.25) is 11.1 Å². The number of carboxylic acids is 1. The fourth-order valence-electron chi connectivity index (χ4n) is 4.20. The Bertz CT molecular complexity index is 1010. The second-order valence-electron chi connectivity index (χ2n) is 7.88. The van der Waals surface area contributed by atoms with Crippen LogP contribution in [-0.2, 0) is 21.4 Å². The lowest BCUT2D eigenvalue weighted by Gasteiger charge is -2.49. The molecule has 1 fully saturated rings. The van der Waals surface area contributed by atoms with Gasteiger partial charge in [0.25, 0.3) is 5.91 Å². The van der Waals surface area contributed by atoms with Crippen molar-refractivity contribution < 1.29 is 19.5 Å². The number of carboxylic acid groups (broad SMARTS) is 1. The molecule has 2 atom stereocenters. The topological polar surface area (TPSA) is 156 Å². The van der Waals surface area contributed by atoms with Crippen LogP contribution in [0.5, 0.6) is 0 Å². The van der Waals surface area contributed by atoms with Crippen LogP contribution in [-0.4, -0.2) is 77.5 Å². The Hall–Kier alpha value is -2.38. The molecule has 1 aromatic heterocycles. The number of amides is 2. The van der Waals surface area contributed by atoms with Crippen molar-refractivity contribution in [3.63, 3.8) is 0 Å². The van der Waals surface area contributed by atoms with E-state index < -0.39 is 23.3 Å². The van der Waals surface area contributed by atoms with E-state index >= 15 is 0 Å². The number of carbonyl (C=O) groups is 3. The normalized spacial score (nSPS) is 23.2. The fourth-order valence-corrected chi connectivity index (χ4v) is 6.53. The summed E-state index contributed by atoms with van der Waals surface area (Å²) in [6, 6.07) is -0.718. The number of aryl methyl sites for hydroxylation is 1. The van der Waals surface area contributed by atoms with Crippen LogP contribution >= 0.6 is 23.5 Å². The number of rotatable bonds is 8. The number of tetrazole rings is 1. The van der Waals surface area contributed by atoms with Crippen LogP contribution in [0, 0.1) is 0 Å². The highest BCUT2D eigenvalue weighted by Crippen LogP contribution is 2.41. The van der Waals surface area contributed by atoms with Crippen molar-refractivity contribution in [1.82, 2.24) is 30.4 Å². The number of fused-ring (bicyclic) bond motifs is 1. The molecule has 1 aliphatic carbocycles. The lowest BCUT2D eigenvalue weighted by atomic mass is 9.89. The molecule has 2 aliphatic heterocycles. The molecule has 11 nitrogen and oxygen atoms in total. The number of hydrogen-bond acceptors (Lipinski definition) is 9. The van der Waals surface area contributed by atoms with Gasteiger partial charge in [0, 0.05) is 31.5 Å². The third-order valence-electron chi connectivity index (χ3n) is 5.85. The number of hydrogen-bond donors (Lipinski definition) is 3. The van der Waals surface area contributed by atoms with Gasteiger partial charge in [0.05, 0.1) is 0 Å². The molecule has 13 heteroatoms. The second kappa shape index (κ2) is 9.63. The molecule has 2 amide bonds. The van der Waals surface area contributed by atoms with Crippen molar-refractivity contribution in [2.24, 2.45) is 12.8 Å². The summed E-state index contributed by atoms with van der Waals surface area (Å²) in [6.07, 6.45) is 4.15. The molecular formula is C19H25N7O4S2. The summed E-state index contributed by atoms with van der Waals surface area (Å²) >= 11 is 2.77. The third kappa shape index (κ3) is 4.41.